The monoisotopic (exact) mass is 770 g/mol. The van der Waals surface area contributed by atoms with Gasteiger partial charge in [-0.05, 0) is 103 Å². The van der Waals surface area contributed by atoms with E-state index in [-0.39, 0.29) is 18.3 Å². The molecule has 0 bridgehead atoms. The fourth-order valence-electron chi connectivity index (χ4n) is 8.93. The molecule has 6 heteroatoms. The third kappa shape index (κ3) is 6.08. The number of ether oxygens (including phenoxy) is 2. The predicted molar refractivity (Wildman–Crippen MR) is 241 cm³/mol. The molecular formula is C53H42N2O4. The Labute approximate surface area is 342 Å². The van der Waals surface area contributed by atoms with Crippen LogP contribution in [0, 0.1) is 13.8 Å². The zero-order valence-corrected chi connectivity index (χ0v) is 33.1. The lowest BCUT2D eigenvalue weighted by Gasteiger charge is -2.22. The molecule has 0 radical (unpaired) electrons. The standard InChI is InChI=1S/C53H42N2O4/c1-33-25-41(51(56)49(27-33)54-45-21-11-7-17-37(45)38-18-8-12-22-46(38)54)43-30-36(29-35-15-5-4-6-16-35)31-44(53(43)59-32-58-3)42-26-34(2)28-50(52(42)57)55-47-23-13-9-19-39(47)40-20-10-14-24-48(40)55/h4-28,30-31,56-57H,29,32H2,1-3H3. The number of hydrogen-bond donors (Lipinski definition) is 2. The van der Waals surface area contributed by atoms with Crippen molar-refractivity contribution in [2.24, 2.45) is 0 Å². The van der Waals surface area contributed by atoms with E-state index in [1.165, 1.54) is 0 Å². The Morgan fingerprint density at radius 1 is 0.441 bits per heavy atom. The average molecular weight is 771 g/mol. The van der Waals surface area contributed by atoms with Crippen LogP contribution in [0.2, 0.25) is 0 Å². The van der Waals surface area contributed by atoms with E-state index < -0.39 is 0 Å². The molecule has 2 aromatic heterocycles. The van der Waals surface area contributed by atoms with Crippen molar-refractivity contribution in [1.82, 2.24) is 9.13 Å². The highest BCUT2D eigenvalue weighted by Gasteiger charge is 2.26. The van der Waals surface area contributed by atoms with Crippen LogP contribution in [-0.2, 0) is 11.2 Å². The number of methoxy groups -OCH3 is 1. The van der Waals surface area contributed by atoms with Crippen molar-refractivity contribution >= 4 is 43.6 Å². The van der Waals surface area contributed by atoms with Crippen molar-refractivity contribution in [1.29, 1.82) is 0 Å². The highest BCUT2D eigenvalue weighted by atomic mass is 16.7. The van der Waals surface area contributed by atoms with Gasteiger partial charge in [0, 0.05) is 50.9 Å². The minimum atomic E-state index is -0.0450. The lowest BCUT2D eigenvalue weighted by atomic mass is 9.90. The second-order valence-corrected chi connectivity index (χ2v) is 15.3. The SMILES string of the molecule is COCOc1c(-c2cc(C)cc(-n3c4ccccc4c4ccccc43)c2O)cc(Cc2ccccc2)cc1-c1cc(C)cc(-n2c3ccccc3c3ccccc32)c1O. The maximum atomic E-state index is 12.7. The van der Waals surface area contributed by atoms with Gasteiger partial charge in [0.05, 0.1) is 33.4 Å². The molecule has 2 N–H and O–H groups in total. The van der Waals surface area contributed by atoms with E-state index in [9.17, 15) is 10.2 Å². The first-order chi connectivity index (χ1) is 28.9. The maximum Gasteiger partial charge on any atom is 0.188 e. The van der Waals surface area contributed by atoms with Crippen molar-refractivity contribution in [2.45, 2.75) is 20.3 Å². The van der Waals surface area contributed by atoms with Crippen LogP contribution in [0.25, 0.3) is 77.2 Å². The molecule has 10 rings (SSSR count). The van der Waals surface area contributed by atoms with Crippen LogP contribution < -0.4 is 4.74 Å². The molecule has 0 saturated heterocycles. The summed E-state index contributed by atoms with van der Waals surface area (Å²) < 4.78 is 16.5. The summed E-state index contributed by atoms with van der Waals surface area (Å²) >= 11 is 0. The normalized spacial score (nSPS) is 11.6. The van der Waals surface area contributed by atoms with Crippen LogP contribution in [-0.4, -0.2) is 33.2 Å². The van der Waals surface area contributed by atoms with Gasteiger partial charge in [-0.15, -0.1) is 0 Å². The summed E-state index contributed by atoms with van der Waals surface area (Å²) in [5, 5.41) is 29.7. The smallest absolute Gasteiger partial charge is 0.188 e. The van der Waals surface area contributed by atoms with Crippen molar-refractivity contribution in [3.8, 4) is 50.9 Å². The van der Waals surface area contributed by atoms with Crippen molar-refractivity contribution in [3.05, 3.63) is 186 Å². The third-order valence-corrected chi connectivity index (χ3v) is 11.4. The molecule has 2 heterocycles. The summed E-state index contributed by atoms with van der Waals surface area (Å²) in [5.41, 5.74) is 12.0. The van der Waals surface area contributed by atoms with E-state index in [2.05, 4.69) is 95.8 Å². The molecule has 8 aromatic carbocycles. The number of rotatable bonds is 9. The van der Waals surface area contributed by atoms with Crippen LogP contribution in [0.1, 0.15) is 22.3 Å². The topological polar surface area (TPSA) is 68.8 Å². The minimum absolute atomic E-state index is 0.0450. The summed E-state index contributed by atoms with van der Waals surface area (Å²) in [5.74, 6) is 0.727. The molecule has 6 nitrogen and oxygen atoms in total. The molecule has 0 aliphatic rings. The predicted octanol–water partition coefficient (Wildman–Crippen LogP) is 12.8. The van der Waals surface area contributed by atoms with Gasteiger partial charge in [0.25, 0.3) is 0 Å². The van der Waals surface area contributed by atoms with Gasteiger partial charge in [-0.2, -0.15) is 0 Å². The minimum Gasteiger partial charge on any atom is -0.505 e. The molecule has 59 heavy (non-hydrogen) atoms. The number of para-hydroxylation sites is 4. The van der Waals surface area contributed by atoms with Crippen LogP contribution in [0.5, 0.6) is 17.2 Å². The van der Waals surface area contributed by atoms with Crippen LogP contribution in [0.3, 0.4) is 0 Å². The molecule has 0 unspecified atom stereocenters. The Balaban J connectivity index is 1.26. The first-order valence-electron chi connectivity index (χ1n) is 19.9. The lowest BCUT2D eigenvalue weighted by Crippen LogP contribution is -2.05. The van der Waals surface area contributed by atoms with E-state index in [0.29, 0.717) is 45.8 Å². The number of phenols is 2. The summed E-state index contributed by atoms with van der Waals surface area (Å²) in [6, 6.07) is 55.8. The fourth-order valence-corrected chi connectivity index (χ4v) is 8.93. The quantitative estimate of drug-likeness (QED) is 0.143. The van der Waals surface area contributed by atoms with E-state index in [1.807, 2.05) is 91.0 Å². The Hall–Kier alpha value is -7.28. The highest BCUT2D eigenvalue weighted by molar-refractivity contribution is 6.11. The Morgan fingerprint density at radius 3 is 1.24 bits per heavy atom. The molecule has 0 spiro atoms. The van der Waals surface area contributed by atoms with Crippen LogP contribution in [0.15, 0.2) is 164 Å². The summed E-state index contributed by atoms with van der Waals surface area (Å²) in [4.78, 5) is 0. The number of phenolic OH excluding ortho intramolecular Hbond substituents is 2. The molecule has 0 fully saturated rings. The molecule has 0 aliphatic carbocycles. The van der Waals surface area contributed by atoms with Gasteiger partial charge >= 0.3 is 0 Å². The number of nitrogens with zero attached hydrogens (tertiary/aromatic N) is 2. The van der Waals surface area contributed by atoms with Gasteiger partial charge in [0.2, 0.25) is 0 Å². The molecule has 10 aromatic rings. The molecular weight excluding hydrogens is 729 g/mol. The van der Waals surface area contributed by atoms with Gasteiger partial charge < -0.3 is 28.8 Å². The number of fused-ring (bicyclic) bond motifs is 6. The zero-order valence-electron chi connectivity index (χ0n) is 33.1. The number of aryl methyl sites for hydroxylation is 2. The first kappa shape index (κ1) is 36.1. The van der Waals surface area contributed by atoms with Crippen molar-refractivity contribution < 1.29 is 19.7 Å². The fraction of sp³-hybridized carbons (Fsp3) is 0.0943. The van der Waals surface area contributed by atoms with Gasteiger partial charge in [0.1, 0.15) is 17.2 Å². The number of aromatic nitrogens is 2. The largest absolute Gasteiger partial charge is 0.505 e. The second-order valence-electron chi connectivity index (χ2n) is 15.3. The molecule has 288 valence electrons. The molecule has 0 atom stereocenters. The van der Waals surface area contributed by atoms with E-state index in [4.69, 9.17) is 9.47 Å². The van der Waals surface area contributed by atoms with Gasteiger partial charge in [-0.1, -0.05) is 103 Å². The maximum absolute atomic E-state index is 12.7. The van der Waals surface area contributed by atoms with E-state index in [0.717, 1.165) is 65.9 Å². The number of hydrogen-bond acceptors (Lipinski definition) is 4. The molecule has 0 aliphatic heterocycles. The van der Waals surface area contributed by atoms with Crippen molar-refractivity contribution in [3.63, 3.8) is 0 Å². The van der Waals surface area contributed by atoms with Gasteiger partial charge in [0.15, 0.2) is 6.79 Å². The third-order valence-electron chi connectivity index (χ3n) is 11.4. The van der Waals surface area contributed by atoms with Gasteiger partial charge in [-0.25, -0.2) is 0 Å². The first-order valence-corrected chi connectivity index (χ1v) is 19.9. The second kappa shape index (κ2) is 14.6. The van der Waals surface area contributed by atoms with Gasteiger partial charge in [-0.3, -0.25) is 0 Å². The van der Waals surface area contributed by atoms with Crippen molar-refractivity contribution in [2.75, 3.05) is 13.9 Å². The van der Waals surface area contributed by atoms with Crippen LogP contribution in [0.4, 0.5) is 0 Å². The molecule has 0 amide bonds. The highest BCUT2D eigenvalue weighted by Crippen LogP contribution is 2.50. The zero-order chi connectivity index (χ0) is 40.2. The number of benzene rings is 8. The Bertz CT molecular complexity index is 2930. The summed E-state index contributed by atoms with van der Waals surface area (Å²) in [6.45, 7) is 4.06. The lowest BCUT2D eigenvalue weighted by molar-refractivity contribution is 0.0519. The summed E-state index contributed by atoms with van der Waals surface area (Å²) in [6.07, 6.45) is 0.615. The summed E-state index contributed by atoms with van der Waals surface area (Å²) in [7, 11) is 1.60. The average Bonchev–Trinajstić information content (AvgIpc) is 3.78. The Morgan fingerprint density at radius 2 is 0.831 bits per heavy atom. The van der Waals surface area contributed by atoms with Crippen LogP contribution >= 0.6 is 0 Å². The number of aromatic hydroxyl groups is 2. The Kier molecular flexibility index (Phi) is 8.92. The molecule has 0 saturated carbocycles. The van der Waals surface area contributed by atoms with E-state index >= 15 is 0 Å². The van der Waals surface area contributed by atoms with E-state index in [1.54, 1.807) is 7.11 Å².